The molecule has 0 radical (unpaired) electrons. The van der Waals surface area contributed by atoms with E-state index in [0.29, 0.717) is 25.3 Å². The number of hydrazine groups is 1. The minimum atomic E-state index is -0.314. The van der Waals surface area contributed by atoms with E-state index in [1.54, 1.807) is 0 Å². The monoisotopic (exact) mass is 606 g/mol. The third kappa shape index (κ3) is 12.7. The smallest absolute Gasteiger partial charge is 0.252 e. The standard InChI is InChI=1S/C12H20N2O3.C11H19NO2.C11H23N/c1-7(2)5-10(15)13-14-11(16)6-9(8(3)4)12(14)17;1-7(2)6-12-10(13)5-9(8(3)4)11(12)14;1-9(2)7-12-6-5-11(8-12)10(3)4/h7-9H,5-6H2,1-4H3,(H,13,15);7-9H,5-6H2,1-4H3;9-11H,5-8H2,1-4H3. The van der Waals surface area contributed by atoms with Crippen molar-refractivity contribution >= 4 is 29.5 Å². The molecule has 0 saturated carbocycles. The van der Waals surface area contributed by atoms with Gasteiger partial charge in [0, 0.05) is 44.8 Å². The average molecular weight is 607 g/mol. The maximum absolute atomic E-state index is 11.9. The normalized spacial score (nSPS) is 22.9. The van der Waals surface area contributed by atoms with E-state index in [1.165, 1.54) is 31.0 Å². The highest BCUT2D eigenvalue weighted by atomic mass is 16.2. The van der Waals surface area contributed by atoms with Crippen molar-refractivity contribution < 1.29 is 24.0 Å². The molecule has 3 aliphatic rings. The predicted octanol–water partition coefficient (Wildman–Crippen LogP) is 5.39. The third-order valence-corrected chi connectivity index (χ3v) is 8.32. The van der Waals surface area contributed by atoms with Gasteiger partial charge >= 0.3 is 0 Å². The van der Waals surface area contributed by atoms with Gasteiger partial charge in [-0.2, -0.15) is 5.01 Å². The summed E-state index contributed by atoms with van der Waals surface area (Å²) in [6.45, 7) is 29.5. The number of amides is 5. The van der Waals surface area contributed by atoms with Crippen LogP contribution in [-0.2, 0) is 24.0 Å². The van der Waals surface area contributed by atoms with E-state index < -0.39 is 0 Å². The van der Waals surface area contributed by atoms with Crippen LogP contribution in [0.5, 0.6) is 0 Å². The number of hydrogen-bond donors (Lipinski definition) is 1. The lowest BCUT2D eigenvalue weighted by Crippen LogP contribution is -2.46. The van der Waals surface area contributed by atoms with Crippen LogP contribution >= 0.6 is 0 Å². The second-order valence-corrected chi connectivity index (χ2v) is 15.0. The minimum Gasteiger partial charge on any atom is -0.303 e. The summed E-state index contributed by atoms with van der Waals surface area (Å²) in [5, 5.41) is 0.884. The van der Waals surface area contributed by atoms with E-state index in [0.717, 1.165) is 22.8 Å². The average Bonchev–Trinajstić information content (AvgIpc) is 3.52. The highest BCUT2D eigenvalue weighted by Crippen LogP contribution is 2.27. The summed E-state index contributed by atoms with van der Waals surface area (Å²) in [4.78, 5) is 62.4. The summed E-state index contributed by atoms with van der Waals surface area (Å²) >= 11 is 0. The molecule has 1 N–H and O–H groups in total. The second kappa shape index (κ2) is 17.9. The SMILES string of the molecule is CC(C)CC(=O)NN1C(=O)CC(C(C)C)C1=O.CC(C)CN1C(=O)CC(C(C)C)C1=O.CC(C)CN1CCC(C(C)C)C1. The Morgan fingerprint density at radius 1 is 0.698 bits per heavy atom. The highest BCUT2D eigenvalue weighted by molar-refractivity contribution is 6.05. The van der Waals surface area contributed by atoms with Crippen molar-refractivity contribution in [2.75, 3.05) is 26.2 Å². The van der Waals surface area contributed by atoms with Gasteiger partial charge in [0.15, 0.2) is 0 Å². The lowest BCUT2D eigenvalue weighted by atomic mass is 9.94. The predicted molar refractivity (Wildman–Crippen MR) is 171 cm³/mol. The molecule has 43 heavy (non-hydrogen) atoms. The molecule has 3 heterocycles. The van der Waals surface area contributed by atoms with E-state index in [2.05, 4.69) is 38.0 Å². The number of nitrogens with one attached hydrogen (secondary N) is 1. The molecular formula is C34H62N4O5. The summed E-state index contributed by atoms with van der Waals surface area (Å²) in [5.74, 6) is 2.35. The van der Waals surface area contributed by atoms with Gasteiger partial charge in [0.05, 0.1) is 5.92 Å². The van der Waals surface area contributed by atoms with Crippen molar-refractivity contribution in [1.82, 2.24) is 20.2 Å². The number of carbonyl (C=O) groups is 5. The van der Waals surface area contributed by atoms with Crippen LogP contribution in [0.4, 0.5) is 0 Å². The molecule has 0 aromatic rings. The third-order valence-electron chi connectivity index (χ3n) is 8.32. The fourth-order valence-corrected chi connectivity index (χ4v) is 5.71. The van der Waals surface area contributed by atoms with E-state index in [4.69, 9.17) is 0 Å². The van der Waals surface area contributed by atoms with Crippen LogP contribution in [-0.4, -0.2) is 70.5 Å². The lowest BCUT2D eigenvalue weighted by molar-refractivity contribution is -0.149. The van der Waals surface area contributed by atoms with Crippen molar-refractivity contribution in [3.05, 3.63) is 0 Å². The van der Waals surface area contributed by atoms with Gasteiger partial charge in [0.25, 0.3) is 5.91 Å². The first-order chi connectivity index (χ1) is 19.8. The van der Waals surface area contributed by atoms with Gasteiger partial charge in [-0.1, -0.05) is 83.1 Å². The van der Waals surface area contributed by atoms with Crippen molar-refractivity contribution in [3.63, 3.8) is 0 Å². The lowest BCUT2D eigenvalue weighted by Gasteiger charge is -2.19. The summed E-state index contributed by atoms with van der Waals surface area (Å²) in [5.41, 5.74) is 2.39. The zero-order valence-electron chi connectivity index (χ0n) is 29.2. The maximum Gasteiger partial charge on any atom is 0.252 e. The van der Waals surface area contributed by atoms with E-state index in [9.17, 15) is 24.0 Å². The van der Waals surface area contributed by atoms with Crippen LogP contribution in [0.25, 0.3) is 0 Å². The van der Waals surface area contributed by atoms with Crippen LogP contribution in [0, 0.1) is 53.3 Å². The Morgan fingerprint density at radius 2 is 1.21 bits per heavy atom. The van der Waals surface area contributed by atoms with Crippen LogP contribution < -0.4 is 5.43 Å². The van der Waals surface area contributed by atoms with E-state index >= 15 is 0 Å². The largest absolute Gasteiger partial charge is 0.303 e. The van der Waals surface area contributed by atoms with Gasteiger partial charge in [-0.3, -0.25) is 34.3 Å². The fourth-order valence-electron chi connectivity index (χ4n) is 5.71. The Kier molecular flexibility index (Phi) is 16.1. The Hall–Kier alpha value is -2.29. The first kappa shape index (κ1) is 38.7. The first-order valence-electron chi connectivity index (χ1n) is 16.6. The molecule has 0 aliphatic carbocycles. The minimum absolute atomic E-state index is 0.00222. The Balaban J connectivity index is 0.000000328. The number of carbonyl (C=O) groups excluding carboxylic acids is 5. The number of nitrogens with zero attached hydrogens (tertiary/aromatic N) is 3. The van der Waals surface area contributed by atoms with E-state index in [1.807, 2.05) is 55.4 Å². The summed E-state index contributed by atoms with van der Waals surface area (Å²) < 4.78 is 0. The second-order valence-electron chi connectivity index (χ2n) is 15.0. The molecule has 0 aromatic heterocycles. The van der Waals surface area contributed by atoms with Crippen LogP contribution in [0.1, 0.15) is 109 Å². The number of likely N-dealkylation sites (tertiary alicyclic amines) is 2. The Labute approximate surface area is 261 Å². The number of imide groups is 2. The molecule has 248 valence electrons. The molecule has 0 aromatic carbocycles. The summed E-state index contributed by atoms with van der Waals surface area (Å²) in [6, 6.07) is 0. The summed E-state index contributed by atoms with van der Waals surface area (Å²) in [6.07, 6.45) is 2.33. The van der Waals surface area contributed by atoms with Crippen LogP contribution in [0.2, 0.25) is 0 Å². The van der Waals surface area contributed by atoms with Crippen LogP contribution in [0.3, 0.4) is 0 Å². The molecule has 3 unspecified atom stereocenters. The Morgan fingerprint density at radius 3 is 1.60 bits per heavy atom. The van der Waals surface area contributed by atoms with Gasteiger partial charge in [-0.25, -0.2) is 0 Å². The molecule has 3 atom stereocenters. The number of hydrogen-bond acceptors (Lipinski definition) is 6. The summed E-state index contributed by atoms with van der Waals surface area (Å²) in [7, 11) is 0. The van der Waals surface area contributed by atoms with Crippen molar-refractivity contribution in [2.24, 2.45) is 53.3 Å². The maximum atomic E-state index is 11.9. The van der Waals surface area contributed by atoms with E-state index in [-0.39, 0.29) is 65.5 Å². The molecule has 9 nitrogen and oxygen atoms in total. The molecule has 0 bridgehead atoms. The van der Waals surface area contributed by atoms with Crippen molar-refractivity contribution in [3.8, 4) is 0 Å². The molecule has 3 saturated heterocycles. The van der Waals surface area contributed by atoms with Gasteiger partial charge in [-0.15, -0.1) is 0 Å². The van der Waals surface area contributed by atoms with Crippen molar-refractivity contribution in [2.45, 2.75) is 109 Å². The molecule has 9 heteroatoms. The molecule has 3 aliphatic heterocycles. The molecule has 5 amide bonds. The van der Waals surface area contributed by atoms with Gasteiger partial charge in [-0.05, 0) is 54.4 Å². The molecule has 0 spiro atoms. The molecular weight excluding hydrogens is 544 g/mol. The quantitative estimate of drug-likeness (QED) is 0.334. The van der Waals surface area contributed by atoms with Crippen molar-refractivity contribution in [1.29, 1.82) is 0 Å². The van der Waals surface area contributed by atoms with Crippen LogP contribution in [0.15, 0.2) is 0 Å². The zero-order chi connectivity index (χ0) is 33.2. The molecule has 3 rings (SSSR count). The number of rotatable bonds is 10. The van der Waals surface area contributed by atoms with Gasteiger partial charge in [0.2, 0.25) is 23.6 Å². The topological polar surface area (TPSA) is 107 Å². The molecule has 3 fully saturated rings. The Bertz CT molecular complexity index is 943. The first-order valence-corrected chi connectivity index (χ1v) is 16.6. The fraction of sp³-hybridized carbons (Fsp3) is 0.853. The van der Waals surface area contributed by atoms with Gasteiger partial charge < -0.3 is 4.90 Å². The van der Waals surface area contributed by atoms with Gasteiger partial charge in [0.1, 0.15) is 0 Å². The highest BCUT2D eigenvalue weighted by Gasteiger charge is 2.41. The zero-order valence-corrected chi connectivity index (χ0v) is 29.2.